The summed E-state index contributed by atoms with van der Waals surface area (Å²) in [6.45, 7) is 5.19. The van der Waals surface area contributed by atoms with Crippen molar-refractivity contribution in [3.05, 3.63) is 59.2 Å². The van der Waals surface area contributed by atoms with Gasteiger partial charge in [-0.1, -0.05) is 18.2 Å². The molecule has 2 N–H and O–H groups in total. The van der Waals surface area contributed by atoms with Crippen LogP contribution in [0.4, 0.5) is 0 Å². The number of phenols is 1. The third kappa shape index (κ3) is 4.57. The lowest BCUT2D eigenvalue weighted by Gasteiger charge is -2.21. The minimum atomic E-state index is -0.541. The van der Waals surface area contributed by atoms with Gasteiger partial charge in [-0.2, -0.15) is 5.26 Å². The molecule has 0 saturated heterocycles. The number of nitrogens with one attached hydrogen (secondary N) is 1. The molecule has 0 unspecified atom stereocenters. The molecule has 0 atom stereocenters. The van der Waals surface area contributed by atoms with E-state index in [1.807, 2.05) is 31.0 Å². The first-order chi connectivity index (χ1) is 12.5. The van der Waals surface area contributed by atoms with Gasteiger partial charge in [-0.25, -0.2) is 5.43 Å². The van der Waals surface area contributed by atoms with Gasteiger partial charge in [0.15, 0.2) is 0 Å². The first-order valence-corrected chi connectivity index (χ1v) is 9.41. The SMILES string of the molecule is CC(C)(C#N)c1cc(CSc2ccc(O)cc2)cc(CN2C=NCN2)c1. The van der Waals surface area contributed by atoms with Crippen LogP contribution >= 0.6 is 11.8 Å². The van der Waals surface area contributed by atoms with Gasteiger partial charge in [0.1, 0.15) is 18.8 Å². The van der Waals surface area contributed by atoms with Crippen molar-refractivity contribution in [3.8, 4) is 11.8 Å². The van der Waals surface area contributed by atoms with Crippen LogP contribution in [-0.2, 0) is 17.7 Å². The van der Waals surface area contributed by atoms with E-state index in [1.165, 1.54) is 5.56 Å². The third-order valence-electron chi connectivity index (χ3n) is 4.24. The minimum absolute atomic E-state index is 0.272. The fourth-order valence-corrected chi connectivity index (χ4v) is 3.51. The molecule has 1 aliphatic rings. The van der Waals surface area contributed by atoms with Gasteiger partial charge in [0, 0.05) is 10.6 Å². The molecule has 0 spiro atoms. The van der Waals surface area contributed by atoms with E-state index in [0.29, 0.717) is 13.2 Å². The van der Waals surface area contributed by atoms with Crippen molar-refractivity contribution in [1.29, 1.82) is 5.26 Å². The van der Waals surface area contributed by atoms with Gasteiger partial charge < -0.3 is 5.11 Å². The molecular formula is C20H22N4OS. The Labute approximate surface area is 158 Å². The van der Waals surface area contributed by atoms with Crippen molar-refractivity contribution >= 4 is 18.1 Å². The maximum atomic E-state index is 9.52. The van der Waals surface area contributed by atoms with Crippen LogP contribution < -0.4 is 5.43 Å². The fourth-order valence-electron chi connectivity index (χ4n) is 2.68. The Morgan fingerprint density at radius 1 is 1.23 bits per heavy atom. The zero-order valence-corrected chi connectivity index (χ0v) is 15.8. The molecule has 3 rings (SSSR count). The number of hydrazine groups is 1. The van der Waals surface area contributed by atoms with E-state index >= 15 is 0 Å². The molecule has 1 aliphatic heterocycles. The van der Waals surface area contributed by atoms with Crippen molar-refractivity contribution < 1.29 is 5.11 Å². The van der Waals surface area contributed by atoms with Crippen LogP contribution in [0.1, 0.15) is 30.5 Å². The molecule has 1 heterocycles. The normalized spacial score (nSPS) is 13.8. The number of nitrogens with zero attached hydrogens (tertiary/aromatic N) is 3. The molecule has 0 bridgehead atoms. The second-order valence-corrected chi connectivity index (χ2v) is 7.85. The van der Waals surface area contributed by atoms with Crippen LogP contribution in [0.5, 0.6) is 5.75 Å². The smallest absolute Gasteiger partial charge is 0.115 e. The van der Waals surface area contributed by atoms with E-state index < -0.39 is 5.41 Å². The summed E-state index contributed by atoms with van der Waals surface area (Å²) in [6.07, 6.45) is 1.80. The summed E-state index contributed by atoms with van der Waals surface area (Å²) in [7, 11) is 0. The van der Waals surface area contributed by atoms with Crippen molar-refractivity contribution in [3.63, 3.8) is 0 Å². The Kier molecular flexibility index (Phi) is 5.50. The van der Waals surface area contributed by atoms with E-state index in [-0.39, 0.29) is 5.75 Å². The molecule has 0 radical (unpaired) electrons. The molecule has 5 nitrogen and oxygen atoms in total. The number of thioether (sulfide) groups is 1. The second kappa shape index (κ2) is 7.81. The van der Waals surface area contributed by atoms with Gasteiger partial charge >= 0.3 is 0 Å². The Bertz CT molecular complexity index is 840. The van der Waals surface area contributed by atoms with Gasteiger partial charge in [-0.05, 0) is 54.8 Å². The Morgan fingerprint density at radius 2 is 1.96 bits per heavy atom. The highest BCUT2D eigenvalue weighted by molar-refractivity contribution is 7.98. The van der Waals surface area contributed by atoms with E-state index in [1.54, 1.807) is 30.2 Å². The van der Waals surface area contributed by atoms with Gasteiger partial charge in [0.2, 0.25) is 0 Å². The molecule has 26 heavy (non-hydrogen) atoms. The molecule has 0 amide bonds. The topological polar surface area (TPSA) is 71.6 Å². The van der Waals surface area contributed by atoms with Crippen LogP contribution in [0.2, 0.25) is 0 Å². The zero-order valence-electron chi connectivity index (χ0n) is 14.9. The molecule has 0 aromatic heterocycles. The number of nitriles is 1. The quantitative estimate of drug-likeness (QED) is 0.761. The molecule has 2 aromatic rings. The van der Waals surface area contributed by atoms with E-state index in [0.717, 1.165) is 21.8 Å². The number of rotatable bonds is 6. The lowest BCUT2D eigenvalue weighted by molar-refractivity contribution is 0.342. The highest BCUT2D eigenvalue weighted by atomic mass is 32.2. The molecule has 0 aliphatic carbocycles. The lowest BCUT2D eigenvalue weighted by atomic mass is 9.84. The van der Waals surface area contributed by atoms with Gasteiger partial charge in [-0.3, -0.25) is 10.0 Å². The van der Waals surface area contributed by atoms with E-state index in [4.69, 9.17) is 0 Å². The predicted molar refractivity (Wildman–Crippen MR) is 105 cm³/mol. The maximum absolute atomic E-state index is 9.52. The van der Waals surface area contributed by atoms with Gasteiger partial charge in [0.05, 0.1) is 18.0 Å². The zero-order chi connectivity index (χ0) is 18.6. The molecule has 134 valence electrons. The average molecular weight is 366 g/mol. The van der Waals surface area contributed by atoms with Crippen LogP contribution in [0.15, 0.2) is 52.4 Å². The largest absolute Gasteiger partial charge is 0.508 e. The number of hydrogen-bond acceptors (Lipinski definition) is 6. The molecular weight excluding hydrogens is 344 g/mol. The molecule has 0 saturated carbocycles. The summed E-state index contributed by atoms with van der Waals surface area (Å²) in [5.74, 6) is 1.07. The highest BCUT2D eigenvalue weighted by Gasteiger charge is 2.21. The first-order valence-electron chi connectivity index (χ1n) is 8.43. The standard InChI is InChI=1S/C20H22N4OS/c1-20(2,12-21)17-8-15(10-24-14-22-13-23-24)7-16(9-17)11-26-19-5-3-18(25)4-6-19/h3-9,14,23,25H,10-11,13H2,1-2H3. The first kappa shape index (κ1) is 18.3. The Morgan fingerprint density at radius 3 is 2.62 bits per heavy atom. The molecule has 6 heteroatoms. The van der Waals surface area contributed by atoms with Gasteiger partial charge in [0.25, 0.3) is 0 Å². The molecule has 2 aromatic carbocycles. The Hall–Kier alpha value is -2.49. The number of hydrogen-bond donors (Lipinski definition) is 2. The average Bonchev–Trinajstić information content (AvgIpc) is 3.14. The number of aromatic hydroxyl groups is 1. The summed E-state index contributed by atoms with van der Waals surface area (Å²) in [4.78, 5) is 5.27. The molecule has 0 fully saturated rings. The number of aliphatic imine (C=N–C) groups is 1. The number of benzene rings is 2. The second-order valence-electron chi connectivity index (χ2n) is 6.80. The summed E-state index contributed by atoms with van der Waals surface area (Å²) < 4.78 is 0. The summed E-state index contributed by atoms with van der Waals surface area (Å²) in [5.41, 5.74) is 5.98. The van der Waals surface area contributed by atoms with Crippen LogP contribution in [-0.4, -0.2) is 23.1 Å². The highest BCUT2D eigenvalue weighted by Crippen LogP contribution is 2.29. The third-order valence-corrected chi connectivity index (χ3v) is 5.32. The predicted octanol–water partition coefficient (Wildman–Crippen LogP) is 3.79. The summed E-state index contributed by atoms with van der Waals surface area (Å²) in [6, 6.07) is 16.0. The lowest BCUT2D eigenvalue weighted by Crippen LogP contribution is -2.31. The van der Waals surface area contributed by atoms with Crippen molar-refractivity contribution in [2.24, 2.45) is 4.99 Å². The Balaban J connectivity index is 1.82. The number of phenolic OH excluding ortho intramolecular Hbond substituents is 1. The van der Waals surface area contributed by atoms with Gasteiger partial charge in [-0.15, -0.1) is 11.8 Å². The summed E-state index contributed by atoms with van der Waals surface area (Å²) in [5, 5.41) is 20.9. The monoisotopic (exact) mass is 366 g/mol. The van der Waals surface area contributed by atoms with Crippen LogP contribution in [0.3, 0.4) is 0 Å². The van der Waals surface area contributed by atoms with E-state index in [9.17, 15) is 10.4 Å². The fraction of sp³-hybridized carbons (Fsp3) is 0.300. The van der Waals surface area contributed by atoms with Crippen molar-refractivity contribution in [1.82, 2.24) is 10.4 Å². The summed E-state index contributed by atoms with van der Waals surface area (Å²) >= 11 is 1.71. The van der Waals surface area contributed by atoms with E-state index in [2.05, 4.69) is 34.7 Å². The van der Waals surface area contributed by atoms with Crippen LogP contribution in [0, 0.1) is 11.3 Å². The van der Waals surface area contributed by atoms with Crippen molar-refractivity contribution in [2.75, 3.05) is 6.67 Å². The maximum Gasteiger partial charge on any atom is 0.115 e. The van der Waals surface area contributed by atoms with Crippen LogP contribution in [0.25, 0.3) is 0 Å². The van der Waals surface area contributed by atoms with Crippen molar-refractivity contribution in [2.45, 2.75) is 36.5 Å². The minimum Gasteiger partial charge on any atom is -0.508 e.